The summed E-state index contributed by atoms with van der Waals surface area (Å²) in [5.74, 6) is -0.913. The van der Waals surface area contributed by atoms with Gasteiger partial charge >= 0.3 is 5.97 Å². The van der Waals surface area contributed by atoms with E-state index in [1.165, 1.54) is 0 Å². The lowest BCUT2D eigenvalue weighted by Crippen LogP contribution is -1.98. The molecule has 0 aliphatic rings. The van der Waals surface area contributed by atoms with Crippen molar-refractivity contribution in [3.05, 3.63) is 47.5 Å². The normalized spacial score (nSPS) is 9.93. The molecule has 3 heteroatoms. The Morgan fingerprint density at radius 3 is 2.47 bits per heavy atom. The molecule has 15 heavy (non-hydrogen) atoms. The van der Waals surface area contributed by atoms with Gasteiger partial charge in [-0.1, -0.05) is 24.3 Å². The van der Waals surface area contributed by atoms with E-state index in [2.05, 4.69) is 6.58 Å². The lowest BCUT2D eigenvalue weighted by Gasteiger charge is -2.04. The maximum atomic E-state index is 10.6. The van der Waals surface area contributed by atoms with Crippen LogP contribution in [0.3, 0.4) is 0 Å². The molecule has 0 spiro atoms. The van der Waals surface area contributed by atoms with Crippen LogP contribution in [0.5, 0.6) is 0 Å². The van der Waals surface area contributed by atoms with Crippen molar-refractivity contribution in [2.45, 2.75) is 13.5 Å². The van der Waals surface area contributed by atoms with Crippen LogP contribution in [0.2, 0.25) is 0 Å². The number of carboxylic acid groups (broad SMARTS) is 1. The van der Waals surface area contributed by atoms with Crippen LogP contribution < -0.4 is 0 Å². The predicted octanol–water partition coefficient (Wildman–Crippen LogP) is 2.48. The molecule has 0 aromatic heterocycles. The zero-order valence-electron chi connectivity index (χ0n) is 8.69. The minimum atomic E-state index is -0.913. The van der Waals surface area contributed by atoms with E-state index in [-0.39, 0.29) is 0 Å². The molecule has 1 rings (SSSR count). The Morgan fingerprint density at radius 2 is 2.00 bits per heavy atom. The van der Waals surface area contributed by atoms with E-state index >= 15 is 0 Å². The Hall–Kier alpha value is -1.61. The molecule has 1 aromatic rings. The van der Waals surface area contributed by atoms with Crippen LogP contribution in [0.25, 0.3) is 0 Å². The van der Waals surface area contributed by atoms with Gasteiger partial charge in [-0.3, -0.25) is 0 Å². The number of carboxylic acids is 1. The largest absolute Gasteiger partial charge is 0.478 e. The van der Waals surface area contributed by atoms with Gasteiger partial charge in [-0.15, -0.1) is 0 Å². The number of aromatic carboxylic acids is 1. The third-order valence-corrected chi connectivity index (χ3v) is 1.82. The number of ether oxygens (including phenoxy) is 1. The second-order valence-corrected chi connectivity index (χ2v) is 3.45. The highest BCUT2D eigenvalue weighted by atomic mass is 16.5. The standard InChI is InChI=1S/C12H14O3/c1-9(2)7-15-8-10-3-5-11(6-4-10)12(13)14/h3-6H,1,7-8H2,2H3,(H,13,14). The summed E-state index contributed by atoms with van der Waals surface area (Å²) in [5, 5.41) is 8.68. The zero-order chi connectivity index (χ0) is 11.3. The van der Waals surface area contributed by atoms with Gasteiger partial charge in [0.1, 0.15) is 0 Å². The number of carbonyl (C=O) groups is 1. The van der Waals surface area contributed by atoms with Gasteiger partial charge in [0.05, 0.1) is 18.8 Å². The number of hydrogen-bond acceptors (Lipinski definition) is 2. The first-order valence-electron chi connectivity index (χ1n) is 4.64. The van der Waals surface area contributed by atoms with Crippen molar-refractivity contribution in [2.24, 2.45) is 0 Å². The van der Waals surface area contributed by atoms with Gasteiger partial charge in [-0.25, -0.2) is 4.79 Å². The van der Waals surface area contributed by atoms with Crippen molar-refractivity contribution < 1.29 is 14.6 Å². The van der Waals surface area contributed by atoms with Crippen LogP contribution in [0, 0.1) is 0 Å². The summed E-state index contributed by atoms with van der Waals surface area (Å²) < 4.78 is 5.33. The fourth-order valence-corrected chi connectivity index (χ4v) is 1.09. The van der Waals surface area contributed by atoms with Gasteiger partial charge in [-0.05, 0) is 24.6 Å². The highest BCUT2D eigenvalue weighted by molar-refractivity contribution is 5.87. The summed E-state index contributed by atoms with van der Waals surface area (Å²) in [4.78, 5) is 10.6. The second-order valence-electron chi connectivity index (χ2n) is 3.45. The van der Waals surface area contributed by atoms with Crippen molar-refractivity contribution in [1.82, 2.24) is 0 Å². The van der Waals surface area contributed by atoms with Crippen LogP contribution in [0.4, 0.5) is 0 Å². The van der Waals surface area contributed by atoms with Crippen LogP contribution in [-0.2, 0) is 11.3 Å². The van der Waals surface area contributed by atoms with Crippen LogP contribution in [0.15, 0.2) is 36.4 Å². The molecule has 0 unspecified atom stereocenters. The summed E-state index contributed by atoms with van der Waals surface area (Å²) >= 11 is 0. The second kappa shape index (κ2) is 5.32. The molecule has 0 aliphatic carbocycles. The first-order valence-corrected chi connectivity index (χ1v) is 4.64. The summed E-state index contributed by atoms with van der Waals surface area (Å²) in [6.07, 6.45) is 0. The number of benzene rings is 1. The topological polar surface area (TPSA) is 46.5 Å². The number of hydrogen-bond donors (Lipinski definition) is 1. The number of rotatable bonds is 5. The predicted molar refractivity (Wildman–Crippen MR) is 57.9 cm³/mol. The van der Waals surface area contributed by atoms with E-state index in [4.69, 9.17) is 9.84 Å². The van der Waals surface area contributed by atoms with Gasteiger partial charge in [0.15, 0.2) is 0 Å². The van der Waals surface area contributed by atoms with E-state index in [1.807, 2.05) is 6.92 Å². The molecule has 3 nitrogen and oxygen atoms in total. The Balaban J connectivity index is 2.50. The Bertz CT molecular complexity index is 352. The fraction of sp³-hybridized carbons (Fsp3) is 0.250. The van der Waals surface area contributed by atoms with E-state index in [9.17, 15) is 4.79 Å². The van der Waals surface area contributed by atoms with Gasteiger partial charge in [-0.2, -0.15) is 0 Å². The first kappa shape index (κ1) is 11.5. The van der Waals surface area contributed by atoms with E-state index in [1.54, 1.807) is 24.3 Å². The average molecular weight is 206 g/mol. The van der Waals surface area contributed by atoms with Crippen LogP contribution in [-0.4, -0.2) is 17.7 Å². The smallest absolute Gasteiger partial charge is 0.335 e. The molecule has 1 N–H and O–H groups in total. The monoisotopic (exact) mass is 206 g/mol. The van der Waals surface area contributed by atoms with Crippen molar-refractivity contribution >= 4 is 5.97 Å². The average Bonchev–Trinajstić information content (AvgIpc) is 2.18. The quantitative estimate of drug-likeness (QED) is 0.753. The summed E-state index contributed by atoms with van der Waals surface area (Å²) in [6, 6.07) is 6.65. The third-order valence-electron chi connectivity index (χ3n) is 1.82. The molecule has 1 aromatic carbocycles. The van der Waals surface area contributed by atoms with Gasteiger partial charge in [0.2, 0.25) is 0 Å². The molecule has 0 aliphatic heterocycles. The minimum Gasteiger partial charge on any atom is -0.478 e. The lowest BCUT2D eigenvalue weighted by molar-refractivity contribution is 0.0696. The summed E-state index contributed by atoms with van der Waals surface area (Å²) in [6.45, 7) is 6.62. The Morgan fingerprint density at radius 1 is 1.40 bits per heavy atom. The highest BCUT2D eigenvalue weighted by Crippen LogP contribution is 2.06. The molecule has 0 atom stereocenters. The molecular weight excluding hydrogens is 192 g/mol. The van der Waals surface area contributed by atoms with Gasteiger partial charge in [0.25, 0.3) is 0 Å². The summed E-state index contributed by atoms with van der Waals surface area (Å²) in [7, 11) is 0. The van der Waals surface area contributed by atoms with Crippen molar-refractivity contribution in [3.63, 3.8) is 0 Å². The van der Waals surface area contributed by atoms with Crippen molar-refractivity contribution in [1.29, 1.82) is 0 Å². The van der Waals surface area contributed by atoms with Gasteiger partial charge < -0.3 is 9.84 Å². The van der Waals surface area contributed by atoms with E-state index in [0.29, 0.717) is 18.8 Å². The zero-order valence-corrected chi connectivity index (χ0v) is 8.69. The summed E-state index contributed by atoms with van der Waals surface area (Å²) in [5.41, 5.74) is 2.22. The molecule has 0 heterocycles. The Labute approximate surface area is 89.0 Å². The highest BCUT2D eigenvalue weighted by Gasteiger charge is 2.01. The fourth-order valence-electron chi connectivity index (χ4n) is 1.09. The molecule has 0 saturated carbocycles. The molecule has 0 fully saturated rings. The van der Waals surface area contributed by atoms with Crippen LogP contribution in [0.1, 0.15) is 22.8 Å². The van der Waals surface area contributed by atoms with E-state index in [0.717, 1.165) is 11.1 Å². The molecular formula is C12H14O3. The third kappa shape index (κ3) is 3.95. The lowest BCUT2D eigenvalue weighted by atomic mass is 10.1. The molecule has 80 valence electrons. The molecule has 0 bridgehead atoms. The molecule has 0 amide bonds. The maximum absolute atomic E-state index is 10.6. The first-order chi connectivity index (χ1) is 7.09. The molecule has 0 saturated heterocycles. The minimum absolute atomic E-state index is 0.290. The molecule has 0 radical (unpaired) electrons. The Kier molecular flexibility index (Phi) is 4.06. The van der Waals surface area contributed by atoms with Crippen molar-refractivity contribution in [2.75, 3.05) is 6.61 Å². The maximum Gasteiger partial charge on any atom is 0.335 e. The van der Waals surface area contributed by atoms with Crippen molar-refractivity contribution in [3.8, 4) is 0 Å². The van der Waals surface area contributed by atoms with Gasteiger partial charge in [0, 0.05) is 0 Å². The van der Waals surface area contributed by atoms with Crippen LogP contribution >= 0.6 is 0 Å². The SMILES string of the molecule is C=C(C)COCc1ccc(C(=O)O)cc1. The van der Waals surface area contributed by atoms with E-state index < -0.39 is 5.97 Å².